The zero-order valence-electron chi connectivity index (χ0n) is 23.3. The monoisotopic (exact) mass is 510 g/mol. The lowest BCUT2D eigenvalue weighted by atomic mass is 9.85. The molecular weight excluding hydrogens is 464 g/mol. The smallest absolute Gasteiger partial charge is 0.243 e. The van der Waals surface area contributed by atoms with Crippen LogP contribution in [0.15, 0.2) is 60.7 Å². The fourth-order valence-corrected chi connectivity index (χ4v) is 4.16. The maximum Gasteiger partial charge on any atom is 0.243 e. The first-order valence-corrected chi connectivity index (χ1v) is 13.2. The van der Waals surface area contributed by atoms with Crippen molar-refractivity contribution in [3.05, 3.63) is 71.8 Å². The number of rotatable bonds is 14. The molecule has 7 heteroatoms. The molecule has 2 aromatic carbocycles. The normalized spacial score (nSPS) is 14.3. The number of benzene rings is 2. The first-order valence-electron chi connectivity index (χ1n) is 13.2. The number of carbonyl (C=O) groups is 2. The van der Waals surface area contributed by atoms with Gasteiger partial charge in [0.25, 0.3) is 0 Å². The van der Waals surface area contributed by atoms with Gasteiger partial charge in [0.15, 0.2) is 0 Å². The molecule has 0 aliphatic heterocycles. The van der Waals surface area contributed by atoms with Gasteiger partial charge in [-0.05, 0) is 42.5 Å². The number of hydrogen-bond donors (Lipinski definition) is 4. The van der Waals surface area contributed by atoms with E-state index in [1.54, 1.807) is 0 Å². The van der Waals surface area contributed by atoms with Crippen LogP contribution in [0.3, 0.4) is 0 Å². The van der Waals surface area contributed by atoms with Crippen LogP contribution in [0.1, 0.15) is 45.7 Å². The van der Waals surface area contributed by atoms with Crippen molar-refractivity contribution in [2.24, 2.45) is 11.3 Å². The molecule has 0 unspecified atom stereocenters. The van der Waals surface area contributed by atoms with Crippen LogP contribution in [-0.2, 0) is 22.6 Å². The lowest BCUT2D eigenvalue weighted by molar-refractivity contribution is -0.133. The van der Waals surface area contributed by atoms with Crippen LogP contribution in [0.25, 0.3) is 0 Å². The predicted molar refractivity (Wildman–Crippen MR) is 150 cm³/mol. The molecule has 0 radical (unpaired) electrons. The molecule has 0 fully saturated rings. The van der Waals surface area contributed by atoms with Gasteiger partial charge in [0.1, 0.15) is 6.04 Å². The molecule has 7 nitrogen and oxygen atoms in total. The third-order valence-electron chi connectivity index (χ3n) is 6.14. The standard InChI is InChI=1S/C30H46N4O3/c1-22(2)18-31-19-26(35)25(17-23-13-9-7-10-14-23)32-29(37)28(30(3,4)5)33-27(36)21-34(6)20-24-15-11-8-12-16-24/h7-16,22,25-26,28,31,35H,17-21H2,1-6H3,(H,32,37)(H,33,36)/t25-,26+,28+/m0/s1. The average molecular weight is 511 g/mol. The number of hydrogen-bond acceptors (Lipinski definition) is 5. The second kappa shape index (κ2) is 14.9. The number of nitrogens with zero attached hydrogens (tertiary/aromatic N) is 1. The number of amides is 2. The molecule has 0 aliphatic carbocycles. The fraction of sp³-hybridized carbons (Fsp3) is 0.533. The minimum Gasteiger partial charge on any atom is -0.390 e. The van der Waals surface area contributed by atoms with Crippen LogP contribution in [0.5, 0.6) is 0 Å². The van der Waals surface area contributed by atoms with E-state index < -0.39 is 23.6 Å². The number of nitrogens with one attached hydrogen (secondary N) is 3. The molecule has 3 atom stereocenters. The van der Waals surface area contributed by atoms with Crippen LogP contribution in [0.2, 0.25) is 0 Å². The molecule has 2 aromatic rings. The molecule has 2 amide bonds. The average Bonchev–Trinajstić information content (AvgIpc) is 2.82. The summed E-state index contributed by atoms with van der Waals surface area (Å²) in [5, 5.41) is 20.3. The maximum absolute atomic E-state index is 13.5. The summed E-state index contributed by atoms with van der Waals surface area (Å²) in [4.78, 5) is 28.4. The van der Waals surface area contributed by atoms with Crippen LogP contribution >= 0.6 is 0 Å². The van der Waals surface area contributed by atoms with Crippen LogP contribution in [0.4, 0.5) is 0 Å². The third kappa shape index (κ3) is 11.5. The van der Waals surface area contributed by atoms with Gasteiger partial charge in [0.05, 0.1) is 18.7 Å². The van der Waals surface area contributed by atoms with Crippen molar-refractivity contribution in [3.63, 3.8) is 0 Å². The van der Waals surface area contributed by atoms with Gasteiger partial charge in [0.2, 0.25) is 11.8 Å². The van der Waals surface area contributed by atoms with Crippen molar-refractivity contribution >= 4 is 11.8 Å². The molecule has 204 valence electrons. The Bertz CT molecular complexity index is 944. The molecule has 2 rings (SSSR count). The van der Waals surface area contributed by atoms with Crippen molar-refractivity contribution < 1.29 is 14.7 Å². The molecule has 0 saturated carbocycles. The van der Waals surface area contributed by atoms with Gasteiger partial charge < -0.3 is 21.1 Å². The Labute approximate surface area is 223 Å². The van der Waals surface area contributed by atoms with E-state index in [9.17, 15) is 14.7 Å². The van der Waals surface area contributed by atoms with E-state index in [-0.39, 0.29) is 18.4 Å². The summed E-state index contributed by atoms with van der Waals surface area (Å²) in [6.45, 7) is 12.0. The summed E-state index contributed by atoms with van der Waals surface area (Å²) in [5.41, 5.74) is 1.62. The zero-order valence-corrected chi connectivity index (χ0v) is 23.3. The summed E-state index contributed by atoms with van der Waals surface area (Å²) in [6.07, 6.45) is -0.293. The lowest BCUT2D eigenvalue weighted by Gasteiger charge is -2.33. The van der Waals surface area contributed by atoms with E-state index in [1.807, 2.05) is 93.4 Å². The SMILES string of the molecule is CC(C)CNC[C@@H](O)[C@H](Cc1ccccc1)NC(=O)[C@@H](NC(=O)CN(C)Cc1ccccc1)C(C)(C)C. The van der Waals surface area contributed by atoms with Crippen molar-refractivity contribution in [3.8, 4) is 0 Å². The zero-order chi connectivity index (χ0) is 27.4. The highest BCUT2D eigenvalue weighted by Crippen LogP contribution is 2.20. The summed E-state index contributed by atoms with van der Waals surface area (Å²) in [6, 6.07) is 18.5. The highest BCUT2D eigenvalue weighted by Gasteiger charge is 2.35. The lowest BCUT2D eigenvalue weighted by Crippen LogP contribution is -2.59. The summed E-state index contributed by atoms with van der Waals surface area (Å²) < 4.78 is 0. The van der Waals surface area contributed by atoms with Crippen LogP contribution < -0.4 is 16.0 Å². The summed E-state index contributed by atoms with van der Waals surface area (Å²) in [7, 11) is 1.88. The number of aliphatic hydroxyl groups is 1. The number of carbonyl (C=O) groups excluding carboxylic acids is 2. The van der Waals surface area contributed by atoms with Crippen LogP contribution in [0, 0.1) is 11.3 Å². The Morgan fingerprint density at radius 3 is 2.00 bits per heavy atom. The van der Waals surface area contributed by atoms with E-state index in [2.05, 4.69) is 29.8 Å². The molecule has 0 heterocycles. The first-order chi connectivity index (χ1) is 17.5. The fourth-order valence-electron chi connectivity index (χ4n) is 4.16. The second-order valence-electron chi connectivity index (χ2n) is 11.4. The molecule has 37 heavy (non-hydrogen) atoms. The Kier molecular flexibility index (Phi) is 12.2. The highest BCUT2D eigenvalue weighted by atomic mass is 16.3. The molecule has 0 spiro atoms. The number of likely N-dealkylation sites (N-methyl/N-ethyl adjacent to an activating group) is 1. The topological polar surface area (TPSA) is 93.7 Å². The Balaban J connectivity index is 2.07. The minimum atomic E-state index is -0.781. The van der Waals surface area contributed by atoms with Gasteiger partial charge in [-0.1, -0.05) is 95.3 Å². The van der Waals surface area contributed by atoms with Gasteiger partial charge in [-0.25, -0.2) is 0 Å². The quantitative estimate of drug-likeness (QED) is 0.314. The van der Waals surface area contributed by atoms with Crippen molar-refractivity contribution in [2.75, 3.05) is 26.7 Å². The molecular formula is C30H46N4O3. The van der Waals surface area contributed by atoms with Crippen molar-refractivity contribution in [2.45, 2.75) is 65.8 Å². The summed E-state index contributed by atoms with van der Waals surface area (Å²) in [5.74, 6) is -0.0578. The highest BCUT2D eigenvalue weighted by molar-refractivity contribution is 5.89. The molecule has 0 bridgehead atoms. The van der Waals surface area contributed by atoms with Crippen molar-refractivity contribution in [1.29, 1.82) is 0 Å². The molecule has 0 aliphatic rings. The van der Waals surface area contributed by atoms with E-state index >= 15 is 0 Å². The maximum atomic E-state index is 13.5. The van der Waals surface area contributed by atoms with E-state index in [4.69, 9.17) is 0 Å². The van der Waals surface area contributed by atoms with Gasteiger partial charge in [-0.15, -0.1) is 0 Å². The molecule has 0 aromatic heterocycles. The van der Waals surface area contributed by atoms with E-state index in [1.165, 1.54) is 0 Å². The van der Waals surface area contributed by atoms with Gasteiger partial charge in [-0.3, -0.25) is 14.5 Å². The second-order valence-corrected chi connectivity index (χ2v) is 11.4. The Morgan fingerprint density at radius 2 is 1.46 bits per heavy atom. The Hall–Kier alpha value is -2.74. The number of aliphatic hydroxyl groups excluding tert-OH is 1. The third-order valence-corrected chi connectivity index (χ3v) is 6.14. The van der Waals surface area contributed by atoms with Gasteiger partial charge >= 0.3 is 0 Å². The predicted octanol–water partition coefficient (Wildman–Crippen LogP) is 2.98. The Morgan fingerprint density at radius 1 is 0.892 bits per heavy atom. The van der Waals surface area contributed by atoms with Crippen molar-refractivity contribution in [1.82, 2.24) is 20.9 Å². The molecule has 0 saturated heterocycles. The first kappa shape index (κ1) is 30.5. The van der Waals surface area contributed by atoms with Gasteiger partial charge in [-0.2, -0.15) is 0 Å². The minimum absolute atomic E-state index is 0.171. The largest absolute Gasteiger partial charge is 0.390 e. The van der Waals surface area contributed by atoms with E-state index in [0.717, 1.165) is 17.7 Å². The van der Waals surface area contributed by atoms with Gasteiger partial charge in [0, 0.05) is 13.1 Å². The molecule has 4 N–H and O–H groups in total. The summed E-state index contributed by atoms with van der Waals surface area (Å²) >= 11 is 0. The van der Waals surface area contributed by atoms with Crippen LogP contribution in [-0.4, -0.2) is 66.7 Å². The van der Waals surface area contributed by atoms with E-state index in [0.29, 0.717) is 25.4 Å².